The number of hydrogen-bond donors (Lipinski definition) is 2. The molecule has 0 aliphatic heterocycles. The molecule has 114 valence electrons. The number of hydrogen-bond acceptors (Lipinski definition) is 5. The fraction of sp³-hybridized carbons (Fsp3) is 0.636. The first kappa shape index (κ1) is 16.4. The number of ether oxygens (including phenoxy) is 1. The third-order valence-corrected chi connectivity index (χ3v) is 2.49. The van der Waals surface area contributed by atoms with Gasteiger partial charge in [-0.05, 0) is 6.92 Å². The van der Waals surface area contributed by atoms with E-state index < -0.39 is 19.0 Å². The summed E-state index contributed by atoms with van der Waals surface area (Å²) in [4.78, 5) is 8.00. The standard InChI is InChI=1S/C11H16F4N4O/c1-5(2)7-17-8(19-16)6(3)9(18-7)20-4-11(14,15)10(12)13/h5,10H,4,16H2,1-3H3,(H,17,18,19). The number of anilines is 1. The molecule has 0 amide bonds. The Labute approximate surface area is 113 Å². The van der Waals surface area contributed by atoms with Crippen molar-refractivity contribution in [3.63, 3.8) is 0 Å². The van der Waals surface area contributed by atoms with E-state index in [1.165, 1.54) is 6.92 Å². The predicted molar refractivity (Wildman–Crippen MR) is 65.1 cm³/mol. The van der Waals surface area contributed by atoms with Gasteiger partial charge in [0.15, 0.2) is 6.61 Å². The summed E-state index contributed by atoms with van der Waals surface area (Å²) in [6.07, 6.45) is -3.80. The molecule has 0 aliphatic carbocycles. The normalized spacial score (nSPS) is 12.1. The maximum absolute atomic E-state index is 12.8. The van der Waals surface area contributed by atoms with Crippen molar-refractivity contribution in [2.24, 2.45) is 5.84 Å². The van der Waals surface area contributed by atoms with Crippen LogP contribution in [0.5, 0.6) is 5.88 Å². The van der Waals surface area contributed by atoms with Crippen molar-refractivity contribution in [2.45, 2.75) is 39.0 Å². The molecule has 0 aliphatic rings. The molecule has 0 aromatic carbocycles. The average Bonchev–Trinajstić information content (AvgIpc) is 2.37. The third-order valence-electron chi connectivity index (χ3n) is 2.49. The molecule has 1 rings (SSSR count). The lowest BCUT2D eigenvalue weighted by Crippen LogP contribution is -2.34. The van der Waals surface area contributed by atoms with Gasteiger partial charge in [-0.3, -0.25) is 0 Å². The highest BCUT2D eigenvalue weighted by molar-refractivity contribution is 5.47. The molecular weight excluding hydrogens is 280 g/mol. The molecule has 1 heterocycles. The SMILES string of the molecule is Cc1c(NN)nc(C(C)C)nc1OCC(F)(F)C(F)F. The lowest BCUT2D eigenvalue weighted by Gasteiger charge is -2.18. The van der Waals surface area contributed by atoms with Crippen molar-refractivity contribution in [2.75, 3.05) is 12.0 Å². The van der Waals surface area contributed by atoms with Gasteiger partial charge in [0, 0.05) is 5.92 Å². The van der Waals surface area contributed by atoms with E-state index >= 15 is 0 Å². The monoisotopic (exact) mass is 296 g/mol. The average molecular weight is 296 g/mol. The number of aromatic nitrogens is 2. The second kappa shape index (κ2) is 6.21. The van der Waals surface area contributed by atoms with E-state index in [0.717, 1.165) is 0 Å². The van der Waals surface area contributed by atoms with Crippen LogP contribution in [-0.4, -0.2) is 28.9 Å². The van der Waals surface area contributed by atoms with Gasteiger partial charge in [0.1, 0.15) is 11.6 Å². The molecule has 5 nitrogen and oxygen atoms in total. The summed E-state index contributed by atoms with van der Waals surface area (Å²) in [5.41, 5.74) is 2.55. The van der Waals surface area contributed by atoms with Gasteiger partial charge in [-0.25, -0.2) is 19.6 Å². The maximum atomic E-state index is 12.8. The summed E-state index contributed by atoms with van der Waals surface area (Å²) in [6.45, 7) is 3.57. The molecule has 0 fully saturated rings. The summed E-state index contributed by atoms with van der Waals surface area (Å²) in [7, 11) is 0. The Balaban J connectivity index is 3.02. The van der Waals surface area contributed by atoms with Crippen molar-refractivity contribution in [1.82, 2.24) is 9.97 Å². The van der Waals surface area contributed by atoms with Gasteiger partial charge in [0.05, 0.1) is 5.56 Å². The number of rotatable bonds is 6. The zero-order valence-electron chi connectivity index (χ0n) is 11.3. The van der Waals surface area contributed by atoms with Gasteiger partial charge in [0.25, 0.3) is 0 Å². The fourth-order valence-electron chi connectivity index (χ4n) is 1.28. The smallest absolute Gasteiger partial charge is 0.340 e. The third kappa shape index (κ3) is 3.69. The quantitative estimate of drug-likeness (QED) is 0.479. The first-order valence-corrected chi connectivity index (χ1v) is 5.83. The minimum Gasteiger partial charge on any atom is -0.471 e. The van der Waals surface area contributed by atoms with Crippen molar-refractivity contribution in [1.29, 1.82) is 0 Å². The van der Waals surface area contributed by atoms with Crippen LogP contribution in [0.3, 0.4) is 0 Å². The maximum Gasteiger partial charge on any atom is 0.340 e. The Bertz CT molecular complexity index is 468. The largest absolute Gasteiger partial charge is 0.471 e. The second-order valence-electron chi connectivity index (χ2n) is 4.51. The molecule has 0 saturated heterocycles. The highest BCUT2D eigenvalue weighted by Crippen LogP contribution is 2.28. The molecule has 1 aromatic heterocycles. The molecule has 1 aromatic rings. The molecule has 0 spiro atoms. The zero-order chi connectivity index (χ0) is 15.5. The summed E-state index contributed by atoms with van der Waals surface area (Å²) in [5, 5.41) is 0. The topological polar surface area (TPSA) is 73.1 Å². The van der Waals surface area contributed by atoms with Crippen LogP contribution in [0, 0.1) is 6.92 Å². The Kier molecular flexibility index (Phi) is 5.09. The Morgan fingerprint density at radius 2 is 1.90 bits per heavy atom. The van der Waals surface area contributed by atoms with Crippen LogP contribution < -0.4 is 16.0 Å². The first-order valence-electron chi connectivity index (χ1n) is 5.83. The van der Waals surface area contributed by atoms with E-state index in [4.69, 9.17) is 10.6 Å². The van der Waals surface area contributed by atoms with E-state index in [0.29, 0.717) is 5.82 Å². The number of halogens is 4. The number of hydrazine groups is 1. The lowest BCUT2D eigenvalue weighted by molar-refractivity contribution is -0.148. The van der Waals surface area contributed by atoms with Gasteiger partial charge >= 0.3 is 12.3 Å². The van der Waals surface area contributed by atoms with Crippen LogP contribution in [0.1, 0.15) is 31.2 Å². The van der Waals surface area contributed by atoms with E-state index in [9.17, 15) is 17.6 Å². The van der Waals surface area contributed by atoms with E-state index in [1.54, 1.807) is 13.8 Å². The predicted octanol–water partition coefficient (Wildman–Crippen LogP) is 2.47. The van der Waals surface area contributed by atoms with Crippen molar-refractivity contribution in [3.05, 3.63) is 11.4 Å². The van der Waals surface area contributed by atoms with Gasteiger partial charge in [0.2, 0.25) is 5.88 Å². The van der Waals surface area contributed by atoms with Crippen LogP contribution in [0.4, 0.5) is 23.4 Å². The Hall–Kier alpha value is -1.64. The molecular formula is C11H16F4N4O. The van der Waals surface area contributed by atoms with Gasteiger partial charge < -0.3 is 10.2 Å². The van der Waals surface area contributed by atoms with Crippen LogP contribution in [0.25, 0.3) is 0 Å². The minimum atomic E-state index is -4.24. The number of nitrogens with zero attached hydrogens (tertiary/aromatic N) is 2. The van der Waals surface area contributed by atoms with Crippen molar-refractivity contribution in [3.8, 4) is 5.88 Å². The van der Waals surface area contributed by atoms with Crippen LogP contribution in [0.2, 0.25) is 0 Å². The van der Waals surface area contributed by atoms with Gasteiger partial charge in [-0.1, -0.05) is 13.8 Å². The Morgan fingerprint density at radius 3 is 2.35 bits per heavy atom. The highest BCUT2D eigenvalue weighted by atomic mass is 19.3. The molecule has 0 radical (unpaired) electrons. The number of nitrogens with two attached hydrogens (primary N) is 1. The highest BCUT2D eigenvalue weighted by Gasteiger charge is 2.42. The van der Waals surface area contributed by atoms with Crippen LogP contribution >= 0.6 is 0 Å². The van der Waals surface area contributed by atoms with Crippen LogP contribution in [0.15, 0.2) is 0 Å². The van der Waals surface area contributed by atoms with E-state index in [1.807, 2.05) is 0 Å². The molecule has 3 N–H and O–H groups in total. The van der Waals surface area contributed by atoms with Crippen molar-refractivity contribution >= 4 is 5.82 Å². The summed E-state index contributed by atoms with van der Waals surface area (Å²) >= 11 is 0. The van der Waals surface area contributed by atoms with Gasteiger partial charge in [-0.15, -0.1) is 0 Å². The second-order valence-corrected chi connectivity index (χ2v) is 4.51. The lowest BCUT2D eigenvalue weighted by atomic mass is 10.2. The molecule has 0 saturated carbocycles. The number of nitrogens with one attached hydrogen (secondary N) is 1. The summed E-state index contributed by atoms with van der Waals surface area (Å²) in [6, 6.07) is 0. The van der Waals surface area contributed by atoms with Crippen LogP contribution in [-0.2, 0) is 0 Å². The van der Waals surface area contributed by atoms with Crippen molar-refractivity contribution < 1.29 is 22.3 Å². The number of alkyl halides is 4. The zero-order valence-corrected chi connectivity index (χ0v) is 11.3. The summed E-state index contributed by atoms with van der Waals surface area (Å²) in [5.74, 6) is 1.20. The molecule has 0 atom stereocenters. The molecule has 20 heavy (non-hydrogen) atoms. The molecule has 0 bridgehead atoms. The fourth-order valence-corrected chi connectivity index (χ4v) is 1.28. The first-order chi connectivity index (χ1) is 9.19. The molecule has 9 heteroatoms. The summed E-state index contributed by atoms with van der Waals surface area (Å²) < 4.78 is 54.6. The van der Waals surface area contributed by atoms with Gasteiger partial charge in [-0.2, -0.15) is 13.8 Å². The minimum absolute atomic E-state index is 0.111. The number of nitrogen functional groups attached to an aromatic ring is 1. The van der Waals surface area contributed by atoms with E-state index in [-0.39, 0.29) is 23.2 Å². The van der Waals surface area contributed by atoms with E-state index in [2.05, 4.69) is 15.4 Å². The molecule has 0 unspecified atom stereocenters. The Morgan fingerprint density at radius 1 is 1.30 bits per heavy atom.